The van der Waals surface area contributed by atoms with Gasteiger partial charge in [0, 0.05) is 19.5 Å². The van der Waals surface area contributed by atoms with Crippen LogP contribution in [0.15, 0.2) is 0 Å². The number of amides is 2. The first-order valence-corrected chi connectivity index (χ1v) is 11.1. The van der Waals surface area contributed by atoms with Gasteiger partial charge in [-0.15, -0.1) is 0 Å². The monoisotopic (exact) mass is 376 g/mol. The van der Waals surface area contributed by atoms with E-state index in [2.05, 4.69) is 19.2 Å². The predicted molar refractivity (Wildman–Crippen MR) is 104 cm³/mol. The summed E-state index contributed by atoms with van der Waals surface area (Å²) < 4.78 is 5.37. The maximum Gasteiger partial charge on any atom is 0.245 e. The lowest BCUT2D eigenvalue weighted by Crippen LogP contribution is -2.53. The number of morpholine rings is 1. The summed E-state index contributed by atoms with van der Waals surface area (Å²) in [6.07, 6.45) is 9.23. The van der Waals surface area contributed by atoms with E-state index >= 15 is 0 Å². The highest BCUT2D eigenvalue weighted by atomic mass is 16.5. The molecule has 5 heteroatoms. The van der Waals surface area contributed by atoms with Crippen molar-refractivity contribution < 1.29 is 14.3 Å². The van der Waals surface area contributed by atoms with Crippen LogP contribution in [-0.2, 0) is 14.3 Å². The molecule has 27 heavy (non-hydrogen) atoms. The average molecular weight is 377 g/mol. The molecule has 1 saturated heterocycles. The number of hydrogen-bond donors (Lipinski definition) is 1. The van der Waals surface area contributed by atoms with Crippen LogP contribution in [0, 0.1) is 29.1 Å². The van der Waals surface area contributed by atoms with Crippen molar-refractivity contribution in [3.05, 3.63) is 0 Å². The average Bonchev–Trinajstić information content (AvgIpc) is 2.59. The molecule has 1 atom stereocenters. The molecule has 0 aromatic heterocycles. The van der Waals surface area contributed by atoms with Crippen LogP contribution in [0.4, 0.5) is 0 Å². The highest BCUT2D eigenvalue weighted by molar-refractivity contribution is 5.88. The predicted octanol–water partition coefficient (Wildman–Crippen LogP) is 2.98. The van der Waals surface area contributed by atoms with E-state index in [0.717, 1.165) is 17.8 Å². The molecule has 0 aromatic rings. The van der Waals surface area contributed by atoms with Gasteiger partial charge < -0.3 is 15.0 Å². The summed E-state index contributed by atoms with van der Waals surface area (Å²) in [5, 5.41) is 3.15. The Hall–Kier alpha value is -1.10. The van der Waals surface area contributed by atoms with Gasteiger partial charge in [0.05, 0.1) is 13.2 Å². The van der Waals surface area contributed by atoms with Gasteiger partial charge in [-0.25, -0.2) is 0 Å². The van der Waals surface area contributed by atoms with Crippen LogP contribution in [0.25, 0.3) is 0 Å². The Bertz CT molecular complexity index is 533. The van der Waals surface area contributed by atoms with E-state index in [1.54, 1.807) is 0 Å². The lowest BCUT2D eigenvalue weighted by molar-refractivity contribution is -0.142. The number of carbonyl (C=O) groups excluding carboxylic acids is 2. The molecule has 0 radical (unpaired) electrons. The molecule has 0 aromatic carbocycles. The summed E-state index contributed by atoms with van der Waals surface area (Å²) in [7, 11) is 0. The molecule has 5 fully saturated rings. The van der Waals surface area contributed by atoms with Gasteiger partial charge in [0.1, 0.15) is 6.04 Å². The van der Waals surface area contributed by atoms with Crippen LogP contribution in [0.5, 0.6) is 0 Å². The Morgan fingerprint density at radius 2 is 1.59 bits per heavy atom. The Morgan fingerprint density at radius 3 is 2.11 bits per heavy atom. The van der Waals surface area contributed by atoms with E-state index in [1.165, 1.54) is 38.5 Å². The van der Waals surface area contributed by atoms with Gasteiger partial charge >= 0.3 is 0 Å². The Labute approximate surface area is 163 Å². The molecule has 1 heterocycles. The summed E-state index contributed by atoms with van der Waals surface area (Å²) >= 11 is 0. The first-order chi connectivity index (χ1) is 12.9. The van der Waals surface area contributed by atoms with Gasteiger partial charge in [0.25, 0.3) is 0 Å². The van der Waals surface area contributed by atoms with Gasteiger partial charge in [-0.05, 0) is 74.0 Å². The zero-order valence-electron chi connectivity index (χ0n) is 17.0. The van der Waals surface area contributed by atoms with Crippen LogP contribution < -0.4 is 5.32 Å². The first-order valence-electron chi connectivity index (χ1n) is 11.1. The second-order valence-electron chi connectivity index (χ2n) is 10.3. The molecule has 2 amide bonds. The SMILES string of the molecule is CC(C)CC(NC(=O)CC12CC3CC(CC(C3)C1)C2)C(=O)N1CCOCC1. The third kappa shape index (κ3) is 4.33. The number of ether oxygens (including phenoxy) is 1. The van der Waals surface area contributed by atoms with E-state index in [9.17, 15) is 9.59 Å². The van der Waals surface area contributed by atoms with E-state index in [0.29, 0.717) is 45.1 Å². The molecule has 5 aliphatic rings. The van der Waals surface area contributed by atoms with Crippen LogP contribution in [-0.4, -0.2) is 49.1 Å². The fourth-order valence-electron chi connectivity index (χ4n) is 6.79. The highest BCUT2D eigenvalue weighted by Gasteiger charge is 2.51. The third-order valence-electron chi connectivity index (χ3n) is 7.36. The van der Waals surface area contributed by atoms with Crippen molar-refractivity contribution in [1.29, 1.82) is 0 Å². The molecule has 1 aliphatic heterocycles. The zero-order valence-corrected chi connectivity index (χ0v) is 17.0. The van der Waals surface area contributed by atoms with Crippen molar-refractivity contribution in [1.82, 2.24) is 10.2 Å². The van der Waals surface area contributed by atoms with Crippen molar-refractivity contribution in [2.75, 3.05) is 26.3 Å². The zero-order chi connectivity index (χ0) is 19.0. The summed E-state index contributed by atoms with van der Waals surface area (Å²) in [6, 6.07) is -0.385. The molecule has 4 aliphatic carbocycles. The molecular weight excluding hydrogens is 340 g/mol. The van der Waals surface area contributed by atoms with Gasteiger partial charge in [-0.1, -0.05) is 13.8 Å². The second-order valence-corrected chi connectivity index (χ2v) is 10.3. The lowest BCUT2D eigenvalue weighted by Gasteiger charge is -2.56. The maximum atomic E-state index is 13.0. The maximum absolute atomic E-state index is 13.0. The summed E-state index contributed by atoms with van der Waals surface area (Å²) in [5.41, 5.74) is 0.225. The summed E-state index contributed by atoms with van der Waals surface area (Å²) in [5.74, 6) is 3.11. The topological polar surface area (TPSA) is 58.6 Å². The minimum absolute atomic E-state index is 0.0749. The molecule has 1 unspecified atom stereocenters. The molecule has 5 rings (SSSR count). The molecule has 4 bridgehead atoms. The Morgan fingerprint density at radius 1 is 1.04 bits per heavy atom. The van der Waals surface area contributed by atoms with Crippen LogP contribution in [0.1, 0.15) is 65.2 Å². The molecular formula is C22H36N2O3. The summed E-state index contributed by atoms with van der Waals surface area (Å²) in [4.78, 5) is 27.9. The highest BCUT2D eigenvalue weighted by Crippen LogP contribution is 2.61. The van der Waals surface area contributed by atoms with E-state index in [4.69, 9.17) is 4.74 Å². The fourth-order valence-corrected chi connectivity index (χ4v) is 6.79. The minimum Gasteiger partial charge on any atom is -0.378 e. The van der Waals surface area contributed by atoms with Gasteiger partial charge in [0.15, 0.2) is 0 Å². The number of rotatable bonds is 6. The van der Waals surface area contributed by atoms with Gasteiger partial charge in [0.2, 0.25) is 11.8 Å². The van der Waals surface area contributed by atoms with Crippen molar-refractivity contribution in [2.24, 2.45) is 29.1 Å². The van der Waals surface area contributed by atoms with E-state index in [-0.39, 0.29) is 23.3 Å². The van der Waals surface area contributed by atoms with Gasteiger partial charge in [-0.2, -0.15) is 0 Å². The van der Waals surface area contributed by atoms with Crippen LogP contribution in [0.2, 0.25) is 0 Å². The van der Waals surface area contributed by atoms with Crippen LogP contribution in [0.3, 0.4) is 0 Å². The van der Waals surface area contributed by atoms with Crippen molar-refractivity contribution in [3.63, 3.8) is 0 Å². The molecule has 0 spiro atoms. The third-order valence-corrected chi connectivity index (χ3v) is 7.36. The Kier molecular flexibility index (Phi) is 5.50. The fraction of sp³-hybridized carbons (Fsp3) is 0.909. The first kappa shape index (κ1) is 19.2. The van der Waals surface area contributed by atoms with Crippen molar-refractivity contribution >= 4 is 11.8 Å². The van der Waals surface area contributed by atoms with Gasteiger partial charge in [-0.3, -0.25) is 9.59 Å². The van der Waals surface area contributed by atoms with Crippen molar-refractivity contribution in [3.8, 4) is 0 Å². The van der Waals surface area contributed by atoms with Crippen molar-refractivity contribution in [2.45, 2.75) is 71.3 Å². The number of hydrogen-bond acceptors (Lipinski definition) is 3. The smallest absolute Gasteiger partial charge is 0.245 e. The largest absolute Gasteiger partial charge is 0.378 e. The molecule has 152 valence electrons. The van der Waals surface area contributed by atoms with E-state index in [1.807, 2.05) is 4.90 Å². The lowest BCUT2D eigenvalue weighted by atomic mass is 9.49. The number of nitrogens with zero attached hydrogens (tertiary/aromatic N) is 1. The standard InChI is InChI=1S/C22H36N2O3/c1-15(2)7-19(21(26)24-3-5-27-6-4-24)23-20(25)14-22-11-16-8-17(12-22)10-18(9-16)13-22/h15-19H,3-14H2,1-2H3,(H,23,25). The quantitative estimate of drug-likeness (QED) is 0.775. The molecule has 1 N–H and O–H groups in total. The summed E-state index contributed by atoms with van der Waals surface area (Å²) in [6.45, 7) is 6.70. The number of carbonyl (C=O) groups is 2. The Balaban J connectivity index is 1.38. The molecule has 5 nitrogen and oxygen atoms in total. The minimum atomic E-state index is -0.385. The number of nitrogens with one attached hydrogen (secondary N) is 1. The normalized spacial score (nSPS) is 36.1. The molecule has 4 saturated carbocycles. The van der Waals surface area contributed by atoms with Crippen LogP contribution >= 0.6 is 0 Å². The second kappa shape index (κ2) is 7.73. The van der Waals surface area contributed by atoms with E-state index < -0.39 is 0 Å².